The molecule has 28 heavy (non-hydrogen) atoms. The average Bonchev–Trinajstić information content (AvgIpc) is 3.11. The molecular weight excluding hydrogens is 362 g/mol. The lowest BCUT2D eigenvalue weighted by Gasteiger charge is -2.27. The number of imide groups is 1. The zero-order chi connectivity index (χ0) is 20.5. The summed E-state index contributed by atoms with van der Waals surface area (Å²) in [5.41, 5.74) is 0.822. The molecule has 3 rings (SSSR count). The van der Waals surface area contributed by atoms with Crippen LogP contribution >= 0.6 is 0 Å². The number of cyclic esters (lactones) is 1. The van der Waals surface area contributed by atoms with Gasteiger partial charge in [-0.1, -0.05) is 30.3 Å². The van der Waals surface area contributed by atoms with Crippen molar-refractivity contribution in [2.45, 2.75) is 52.0 Å². The summed E-state index contributed by atoms with van der Waals surface area (Å²) >= 11 is 0. The monoisotopic (exact) mass is 385 g/mol. The molecule has 0 N–H and O–H groups in total. The SMILES string of the molecule is CC1=CC(O/C=C2\CC(c3ccccc3)N(C(=O)OC(C)(C)C)C2=O)OC1=O. The second-order valence-corrected chi connectivity index (χ2v) is 7.69. The molecular formula is C21H23NO6. The molecule has 2 aliphatic heterocycles. The highest BCUT2D eigenvalue weighted by atomic mass is 16.7. The van der Waals surface area contributed by atoms with Crippen molar-refractivity contribution in [2.24, 2.45) is 0 Å². The van der Waals surface area contributed by atoms with Crippen LogP contribution < -0.4 is 0 Å². The second kappa shape index (κ2) is 7.50. The topological polar surface area (TPSA) is 82.1 Å². The number of hydrogen-bond acceptors (Lipinski definition) is 6. The lowest BCUT2D eigenvalue weighted by molar-refractivity contribution is -0.152. The summed E-state index contributed by atoms with van der Waals surface area (Å²) in [7, 11) is 0. The molecule has 0 spiro atoms. The maximum atomic E-state index is 12.9. The zero-order valence-electron chi connectivity index (χ0n) is 16.3. The molecule has 0 bridgehead atoms. The normalized spacial score (nSPS) is 23.6. The first-order chi connectivity index (χ1) is 13.2. The van der Waals surface area contributed by atoms with Crippen LogP contribution in [0.25, 0.3) is 0 Å². The molecule has 2 heterocycles. The fourth-order valence-electron chi connectivity index (χ4n) is 2.97. The van der Waals surface area contributed by atoms with Crippen molar-refractivity contribution in [3.05, 3.63) is 59.4 Å². The van der Waals surface area contributed by atoms with Crippen LogP contribution in [0, 0.1) is 0 Å². The third-order valence-corrected chi connectivity index (χ3v) is 4.27. The molecule has 0 aromatic heterocycles. The summed E-state index contributed by atoms with van der Waals surface area (Å²) in [6.45, 7) is 6.85. The van der Waals surface area contributed by atoms with Gasteiger partial charge in [0.25, 0.3) is 12.2 Å². The van der Waals surface area contributed by atoms with E-state index in [0.717, 1.165) is 10.5 Å². The largest absolute Gasteiger partial charge is 0.458 e. The Hall–Kier alpha value is -3.09. The first-order valence-corrected chi connectivity index (χ1v) is 9.01. The van der Waals surface area contributed by atoms with Gasteiger partial charge in [0.2, 0.25) is 0 Å². The molecule has 2 atom stereocenters. The fraction of sp³-hybridized carbons (Fsp3) is 0.381. The molecule has 7 heteroatoms. The van der Waals surface area contributed by atoms with Crippen molar-refractivity contribution < 1.29 is 28.6 Å². The van der Waals surface area contributed by atoms with Gasteiger partial charge in [-0.3, -0.25) is 4.79 Å². The maximum absolute atomic E-state index is 12.9. The van der Waals surface area contributed by atoms with E-state index in [1.54, 1.807) is 27.7 Å². The smallest absolute Gasteiger partial charge is 0.417 e. The van der Waals surface area contributed by atoms with Gasteiger partial charge >= 0.3 is 12.1 Å². The molecule has 1 saturated heterocycles. The van der Waals surface area contributed by atoms with Gasteiger partial charge in [-0.2, -0.15) is 0 Å². The van der Waals surface area contributed by atoms with Crippen molar-refractivity contribution >= 4 is 18.0 Å². The average molecular weight is 385 g/mol. The van der Waals surface area contributed by atoms with Gasteiger partial charge in [0, 0.05) is 18.1 Å². The van der Waals surface area contributed by atoms with Crippen LogP contribution in [0.2, 0.25) is 0 Å². The lowest BCUT2D eigenvalue weighted by atomic mass is 10.0. The number of benzene rings is 1. The summed E-state index contributed by atoms with van der Waals surface area (Å²) in [5.74, 6) is -0.952. The predicted octanol–water partition coefficient (Wildman–Crippen LogP) is 3.62. The number of likely N-dealkylation sites (tertiary alicyclic amines) is 1. The van der Waals surface area contributed by atoms with Crippen LogP contribution in [-0.2, 0) is 23.8 Å². The fourth-order valence-corrected chi connectivity index (χ4v) is 2.97. The van der Waals surface area contributed by atoms with E-state index in [1.165, 1.54) is 12.3 Å². The third-order valence-electron chi connectivity index (χ3n) is 4.27. The molecule has 0 saturated carbocycles. The van der Waals surface area contributed by atoms with E-state index in [2.05, 4.69) is 0 Å². The van der Waals surface area contributed by atoms with E-state index in [0.29, 0.717) is 11.1 Å². The standard InChI is InChI=1S/C21H23NO6/c1-13-10-17(27-19(13)24)26-12-15-11-16(14-8-6-5-7-9-14)22(18(15)23)20(25)28-21(2,3)4/h5-10,12,16-17H,11H2,1-4H3/b15-12+. The number of hydrogen-bond donors (Lipinski definition) is 0. The van der Waals surface area contributed by atoms with Crippen LogP contribution in [-0.4, -0.2) is 34.8 Å². The van der Waals surface area contributed by atoms with Gasteiger partial charge in [0.1, 0.15) is 5.60 Å². The lowest BCUT2D eigenvalue weighted by Crippen LogP contribution is -2.39. The van der Waals surface area contributed by atoms with Gasteiger partial charge in [-0.05, 0) is 33.3 Å². The van der Waals surface area contributed by atoms with Crippen molar-refractivity contribution in [3.8, 4) is 0 Å². The number of carbonyl (C=O) groups is 3. The van der Waals surface area contributed by atoms with Crippen molar-refractivity contribution in [3.63, 3.8) is 0 Å². The first kappa shape index (κ1) is 19.7. The Balaban J connectivity index is 1.84. The van der Waals surface area contributed by atoms with Gasteiger partial charge in [-0.15, -0.1) is 0 Å². The molecule has 2 aliphatic rings. The highest BCUT2D eigenvalue weighted by molar-refractivity contribution is 6.05. The Morgan fingerprint density at radius 2 is 1.89 bits per heavy atom. The summed E-state index contributed by atoms with van der Waals surface area (Å²) < 4.78 is 15.9. The Morgan fingerprint density at radius 1 is 1.21 bits per heavy atom. The van der Waals surface area contributed by atoms with Gasteiger partial charge in [0.05, 0.1) is 17.9 Å². The quantitative estimate of drug-likeness (QED) is 0.449. The number of ether oxygens (including phenoxy) is 3. The number of carbonyl (C=O) groups excluding carboxylic acids is 3. The minimum absolute atomic E-state index is 0.269. The van der Waals surface area contributed by atoms with Crippen molar-refractivity contribution in [1.82, 2.24) is 4.90 Å². The van der Waals surface area contributed by atoms with E-state index in [9.17, 15) is 14.4 Å². The molecule has 0 aliphatic carbocycles. The van der Waals surface area contributed by atoms with Crippen LogP contribution in [0.15, 0.2) is 53.8 Å². The minimum Gasteiger partial charge on any atom is -0.458 e. The van der Waals surface area contributed by atoms with Gasteiger partial charge in [-0.25, -0.2) is 14.5 Å². The third kappa shape index (κ3) is 4.24. The number of esters is 1. The van der Waals surface area contributed by atoms with Crippen LogP contribution in [0.4, 0.5) is 4.79 Å². The number of amides is 2. The van der Waals surface area contributed by atoms with E-state index in [-0.39, 0.29) is 6.42 Å². The van der Waals surface area contributed by atoms with Crippen LogP contribution in [0.3, 0.4) is 0 Å². The molecule has 148 valence electrons. The van der Waals surface area contributed by atoms with E-state index in [4.69, 9.17) is 14.2 Å². The van der Waals surface area contributed by atoms with Gasteiger partial charge < -0.3 is 14.2 Å². The van der Waals surface area contributed by atoms with Gasteiger partial charge in [0.15, 0.2) is 0 Å². The van der Waals surface area contributed by atoms with Crippen molar-refractivity contribution in [1.29, 1.82) is 0 Å². The molecule has 2 unspecified atom stereocenters. The van der Waals surface area contributed by atoms with E-state index < -0.39 is 35.9 Å². The highest BCUT2D eigenvalue weighted by Gasteiger charge is 2.43. The van der Waals surface area contributed by atoms with E-state index >= 15 is 0 Å². The Morgan fingerprint density at radius 3 is 2.46 bits per heavy atom. The molecule has 1 aromatic carbocycles. The number of rotatable bonds is 3. The highest BCUT2D eigenvalue weighted by Crippen LogP contribution is 2.37. The summed E-state index contributed by atoms with van der Waals surface area (Å²) in [6, 6.07) is 8.75. The molecule has 7 nitrogen and oxygen atoms in total. The Labute approximate surface area is 163 Å². The Bertz CT molecular complexity index is 849. The summed E-state index contributed by atoms with van der Waals surface area (Å²) in [5, 5.41) is 0. The van der Waals surface area contributed by atoms with Crippen molar-refractivity contribution in [2.75, 3.05) is 0 Å². The molecule has 1 aromatic rings. The molecule has 0 radical (unpaired) electrons. The Kier molecular flexibility index (Phi) is 5.27. The first-order valence-electron chi connectivity index (χ1n) is 9.01. The maximum Gasteiger partial charge on any atom is 0.417 e. The molecule has 2 amide bonds. The summed E-state index contributed by atoms with van der Waals surface area (Å²) in [6.07, 6.45) is 1.47. The molecule has 1 fully saturated rings. The number of nitrogens with zero attached hydrogens (tertiary/aromatic N) is 1. The minimum atomic E-state index is -0.876. The predicted molar refractivity (Wildman–Crippen MR) is 99.7 cm³/mol. The zero-order valence-corrected chi connectivity index (χ0v) is 16.3. The van der Waals surface area contributed by atoms with Crippen LogP contribution in [0.1, 0.15) is 45.7 Å². The summed E-state index contributed by atoms with van der Waals surface area (Å²) in [4.78, 5) is 38.1. The van der Waals surface area contributed by atoms with E-state index in [1.807, 2.05) is 30.3 Å². The second-order valence-electron chi connectivity index (χ2n) is 7.69. The van der Waals surface area contributed by atoms with Crippen LogP contribution in [0.5, 0.6) is 0 Å².